The SMILES string of the molecule is COc1cc(/C=C(\C#N)C(=O)Nc2ccc(O)cc2)ccc1OS(=O)(=O)c1ccccc1. The lowest BCUT2D eigenvalue weighted by Gasteiger charge is -2.11. The van der Waals surface area contributed by atoms with Crippen LogP contribution in [-0.2, 0) is 14.9 Å². The van der Waals surface area contributed by atoms with Crippen molar-refractivity contribution in [1.82, 2.24) is 0 Å². The van der Waals surface area contributed by atoms with E-state index in [1.165, 1.54) is 67.8 Å². The van der Waals surface area contributed by atoms with Crippen molar-refractivity contribution in [3.05, 3.63) is 83.9 Å². The first-order valence-electron chi connectivity index (χ1n) is 9.22. The molecule has 0 radical (unpaired) electrons. The van der Waals surface area contributed by atoms with Gasteiger partial charge in [-0.15, -0.1) is 0 Å². The van der Waals surface area contributed by atoms with Crippen LogP contribution in [0.25, 0.3) is 6.08 Å². The molecule has 0 atom stereocenters. The van der Waals surface area contributed by atoms with Crippen LogP contribution in [0, 0.1) is 11.3 Å². The molecule has 1 amide bonds. The normalized spacial score (nSPS) is 11.3. The van der Waals surface area contributed by atoms with Crippen LogP contribution in [0.15, 0.2) is 83.3 Å². The molecule has 0 aliphatic carbocycles. The van der Waals surface area contributed by atoms with Crippen LogP contribution in [0.5, 0.6) is 17.2 Å². The Morgan fingerprint density at radius 2 is 1.72 bits per heavy atom. The summed E-state index contributed by atoms with van der Waals surface area (Å²) in [5.41, 5.74) is 0.635. The molecule has 0 unspecified atom stereocenters. The van der Waals surface area contributed by atoms with Gasteiger partial charge in [0.05, 0.1) is 7.11 Å². The highest BCUT2D eigenvalue weighted by Crippen LogP contribution is 2.31. The molecule has 3 aromatic rings. The summed E-state index contributed by atoms with van der Waals surface area (Å²) >= 11 is 0. The number of aromatic hydroxyl groups is 1. The monoisotopic (exact) mass is 450 g/mol. The first kappa shape index (κ1) is 22.4. The van der Waals surface area contributed by atoms with Crippen molar-refractivity contribution in [1.29, 1.82) is 5.26 Å². The Morgan fingerprint density at radius 1 is 1.03 bits per heavy atom. The Bertz CT molecular complexity index is 1290. The average Bonchev–Trinajstić information content (AvgIpc) is 2.80. The van der Waals surface area contributed by atoms with Gasteiger partial charge in [-0.2, -0.15) is 13.7 Å². The number of phenols is 1. The van der Waals surface area contributed by atoms with Crippen molar-refractivity contribution in [3.63, 3.8) is 0 Å². The number of carbonyl (C=O) groups is 1. The van der Waals surface area contributed by atoms with Crippen LogP contribution in [0.4, 0.5) is 5.69 Å². The van der Waals surface area contributed by atoms with Gasteiger partial charge in [-0.05, 0) is 60.2 Å². The Hall–Kier alpha value is -4.29. The molecule has 8 nitrogen and oxygen atoms in total. The van der Waals surface area contributed by atoms with Gasteiger partial charge >= 0.3 is 10.1 Å². The molecule has 0 heterocycles. The average molecular weight is 450 g/mol. The maximum atomic E-state index is 12.5. The van der Waals surface area contributed by atoms with Gasteiger partial charge in [-0.3, -0.25) is 4.79 Å². The van der Waals surface area contributed by atoms with Crippen LogP contribution in [0.2, 0.25) is 0 Å². The molecule has 2 N–H and O–H groups in total. The van der Waals surface area contributed by atoms with E-state index in [0.29, 0.717) is 11.3 Å². The van der Waals surface area contributed by atoms with Crippen LogP contribution >= 0.6 is 0 Å². The fourth-order valence-corrected chi connectivity index (χ4v) is 3.62. The summed E-state index contributed by atoms with van der Waals surface area (Å²) in [4.78, 5) is 12.4. The van der Waals surface area contributed by atoms with E-state index in [9.17, 15) is 23.6 Å². The van der Waals surface area contributed by atoms with Crippen molar-refractivity contribution in [2.75, 3.05) is 12.4 Å². The van der Waals surface area contributed by atoms with Crippen LogP contribution in [-0.4, -0.2) is 26.5 Å². The number of benzene rings is 3. The minimum absolute atomic E-state index is 0.0105. The molecule has 0 fully saturated rings. The van der Waals surface area contributed by atoms with Crippen LogP contribution in [0.3, 0.4) is 0 Å². The van der Waals surface area contributed by atoms with E-state index in [4.69, 9.17) is 8.92 Å². The highest BCUT2D eigenvalue weighted by molar-refractivity contribution is 7.87. The quantitative estimate of drug-likeness (QED) is 0.243. The molecule has 0 spiro atoms. The smallest absolute Gasteiger partial charge is 0.339 e. The predicted molar refractivity (Wildman–Crippen MR) is 118 cm³/mol. The summed E-state index contributed by atoms with van der Waals surface area (Å²) in [5.74, 6) is -0.540. The van der Waals surface area contributed by atoms with Crippen molar-refractivity contribution < 1.29 is 27.2 Å². The van der Waals surface area contributed by atoms with E-state index in [2.05, 4.69) is 5.32 Å². The number of nitriles is 1. The number of ether oxygens (including phenoxy) is 1. The number of nitrogens with one attached hydrogen (secondary N) is 1. The third-order valence-electron chi connectivity index (χ3n) is 4.22. The van der Waals surface area contributed by atoms with Gasteiger partial charge in [-0.1, -0.05) is 24.3 Å². The molecular formula is C23H18N2O6S. The molecule has 0 bridgehead atoms. The predicted octanol–water partition coefficient (Wildman–Crippen LogP) is 3.71. The molecule has 0 saturated carbocycles. The summed E-state index contributed by atoms with van der Waals surface area (Å²) in [5, 5.41) is 21.3. The number of phenolic OH excluding ortho intramolecular Hbond substituents is 1. The first-order chi connectivity index (χ1) is 15.3. The van der Waals surface area contributed by atoms with Crippen molar-refractivity contribution in [2.24, 2.45) is 0 Å². The maximum absolute atomic E-state index is 12.5. The zero-order valence-corrected chi connectivity index (χ0v) is 17.7. The largest absolute Gasteiger partial charge is 0.508 e. The van der Waals surface area contributed by atoms with Crippen molar-refractivity contribution in [2.45, 2.75) is 4.90 Å². The van der Waals surface area contributed by atoms with E-state index < -0.39 is 16.0 Å². The Balaban J connectivity index is 1.83. The molecule has 0 saturated heterocycles. The maximum Gasteiger partial charge on any atom is 0.339 e. The van der Waals surface area contributed by atoms with Crippen LogP contribution in [0.1, 0.15) is 5.56 Å². The number of amides is 1. The van der Waals surface area contributed by atoms with Crippen LogP contribution < -0.4 is 14.2 Å². The molecule has 162 valence electrons. The van der Waals surface area contributed by atoms with Gasteiger partial charge in [0.1, 0.15) is 22.3 Å². The number of carbonyl (C=O) groups excluding carboxylic acids is 1. The number of nitrogens with zero attached hydrogens (tertiary/aromatic N) is 1. The lowest BCUT2D eigenvalue weighted by molar-refractivity contribution is -0.112. The summed E-state index contributed by atoms with van der Waals surface area (Å²) in [6.45, 7) is 0. The van der Waals surface area contributed by atoms with Gasteiger partial charge in [0, 0.05) is 5.69 Å². The summed E-state index contributed by atoms with van der Waals surface area (Å²) in [6, 6.07) is 19.6. The second-order valence-electron chi connectivity index (χ2n) is 6.43. The van der Waals surface area contributed by atoms with E-state index in [-0.39, 0.29) is 27.7 Å². The zero-order valence-electron chi connectivity index (χ0n) is 16.8. The van der Waals surface area contributed by atoms with Crippen molar-refractivity contribution in [3.8, 4) is 23.3 Å². The Kier molecular flexibility index (Phi) is 6.77. The fourth-order valence-electron chi connectivity index (χ4n) is 2.65. The van der Waals surface area contributed by atoms with E-state index in [0.717, 1.165) is 0 Å². The van der Waals surface area contributed by atoms with Gasteiger partial charge in [0.2, 0.25) is 0 Å². The van der Waals surface area contributed by atoms with E-state index in [1.807, 2.05) is 6.07 Å². The van der Waals surface area contributed by atoms with Crippen molar-refractivity contribution >= 4 is 27.8 Å². The van der Waals surface area contributed by atoms with Gasteiger partial charge in [0.15, 0.2) is 11.5 Å². The molecule has 32 heavy (non-hydrogen) atoms. The highest BCUT2D eigenvalue weighted by Gasteiger charge is 2.19. The number of hydrogen-bond donors (Lipinski definition) is 2. The Morgan fingerprint density at radius 3 is 2.34 bits per heavy atom. The Labute approximate surface area is 185 Å². The minimum atomic E-state index is -4.07. The molecule has 3 rings (SSSR count). The lowest BCUT2D eigenvalue weighted by atomic mass is 10.1. The molecule has 0 aliphatic rings. The summed E-state index contributed by atoms with van der Waals surface area (Å²) < 4.78 is 35.3. The minimum Gasteiger partial charge on any atom is -0.508 e. The second-order valence-corrected chi connectivity index (χ2v) is 7.98. The molecule has 3 aromatic carbocycles. The fraction of sp³-hybridized carbons (Fsp3) is 0.0435. The number of rotatable bonds is 7. The third kappa shape index (κ3) is 5.44. The lowest BCUT2D eigenvalue weighted by Crippen LogP contribution is -2.13. The molecule has 0 aliphatic heterocycles. The summed E-state index contributed by atoms with van der Waals surface area (Å²) in [7, 11) is -2.73. The number of anilines is 1. The summed E-state index contributed by atoms with van der Waals surface area (Å²) in [6.07, 6.45) is 1.33. The first-order valence-corrected chi connectivity index (χ1v) is 10.6. The molecular weight excluding hydrogens is 432 g/mol. The topological polar surface area (TPSA) is 126 Å². The second kappa shape index (κ2) is 9.68. The standard InChI is InChI=1S/C23H18N2O6S/c1-30-22-14-16(7-12-21(22)31-32(28,29)20-5-3-2-4-6-20)13-17(15-24)23(27)25-18-8-10-19(26)11-9-18/h2-14,26H,1H3,(H,25,27)/b17-13+. The molecule has 9 heteroatoms. The van der Waals surface area contributed by atoms with Gasteiger partial charge in [0.25, 0.3) is 5.91 Å². The number of hydrogen-bond acceptors (Lipinski definition) is 7. The highest BCUT2D eigenvalue weighted by atomic mass is 32.2. The molecule has 0 aromatic heterocycles. The number of methoxy groups -OCH3 is 1. The van der Waals surface area contributed by atoms with Gasteiger partial charge in [-0.25, -0.2) is 0 Å². The van der Waals surface area contributed by atoms with E-state index in [1.54, 1.807) is 18.2 Å². The van der Waals surface area contributed by atoms with E-state index >= 15 is 0 Å². The third-order valence-corrected chi connectivity index (χ3v) is 5.47. The zero-order chi connectivity index (χ0) is 23.1. The van der Waals surface area contributed by atoms with Gasteiger partial charge < -0.3 is 19.3 Å².